The number of esters is 1. The minimum absolute atomic E-state index is 0. The SMILES string of the molecule is COC(=O)[C@H](Cc1ccccc1)N(F)F.Cl. The van der Waals surface area contributed by atoms with E-state index >= 15 is 0 Å². The van der Waals surface area contributed by atoms with E-state index in [0.29, 0.717) is 5.56 Å². The zero-order valence-corrected chi connectivity index (χ0v) is 9.42. The van der Waals surface area contributed by atoms with Gasteiger partial charge in [-0.2, -0.15) is 0 Å². The average Bonchev–Trinajstić information content (AvgIpc) is 2.26. The van der Waals surface area contributed by atoms with E-state index in [9.17, 15) is 13.8 Å². The van der Waals surface area contributed by atoms with Crippen molar-refractivity contribution in [2.24, 2.45) is 0 Å². The number of halogens is 3. The maximum absolute atomic E-state index is 12.4. The molecule has 0 saturated heterocycles. The Hall–Kier alpha value is -1.20. The molecule has 0 saturated carbocycles. The third kappa shape index (κ3) is 4.12. The Morgan fingerprint density at radius 2 is 1.94 bits per heavy atom. The first kappa shape index (κ1) is 14.8. The fourth-order valence-electron chi connectivity index (χ4n) is 1.21. The van der Waals surface area contributed by atoms with Crippen molar-refractivity contribution in [2.45, 2.75) is 12.5 Å². The zero-order valence-electron chi connectivity index (χ0n) is 8.60. The molecular formula is C10H12ClF2NO2. The molecule has 0 aliphatic rings. The monoisotopic (exact) mass is 251 g/mol. The van der Waals surface area contributed by atoms with Gasteiger partial charge in [0.25, 0.3) is 0 Å². The van der Waals surface area contributed by atoms with Gasteiger partial charge in [-0.05, 0) is 5.56 Å². The van der Waals surface area contributed by atoms with Crippen LogP contribution in [0.15, 0.2) is 30.3 Å². The van der Waals surface area contributed by atoms with Crippen LogP contribution in [0.2, 0.25) is 0 Å². The second-order valence-corrected chi connectivity index (χ2v) is 2.99. The first-order valence-corrected chi connectivity index (χ1v) is 4.37. The van der Waals surface area contributed by atoms with Gasteiger partial charge in [-0.15, -0.1) is 21.4 Å². The first-order valence-electron chi connectivity index (χ1n) is 4.37. The summed E-state index contributed by atoms with van der Waals surface area (Å²) < 4.78 is 29.0. The number of nitrogens with zero attached hydrogens (tertiary/aromatic N) is 1. The highest BCUT2D eigenvalue weighted by molar-refractivity contribution is 5.85. The summed E-state index contributed by atoms with van der Waals surface area (Å²) in [5, 5.41) is -1.13. The number of benzene rings is 1. The third-order valence-electron chi connectivity index (χ3n) is 1.98. The molecule has 1 aromatic rings. The molecule has 1 rings (SSSR count). The molecule has 0 aliphatic carbocycles. The Morgan fingerprint density at radius 3 is 2.38 bits per heavy atom. The summed E-state index contributed by atoms with van der Waals surface area (Å²) in [6, 6.07) is 7.05. The summed E-state index contributed by atoms with van der Waals surface area (Å²) in [6.07, 6.45) is -0.0689. The Labute approximate surface area is 98.3 Å². The van der Waals surface area contributed by atoms with Crippen molar-refractivity contribution in [2.75, 3.05) is 7.11 Å². The normalized spacial score (nSPS) is 11.8. The van der Waals surface area contributed by atoms with Gasteiger partial charge in [0.1, 0.15) is 0 Å². The van der Waals surface area contributed by atoms with Crippen LogP contribution in [-0.4, -0.2) is 24.5 Å². The van der Waals surface area contributed by atoms with Crippen molar-refractivity contribution in [1.29, 1.82) is 0 Å². The standard InChI is InChI=1S/C10H11F2NO2.ClH/c1-15-10(14)9(13(11)12)7-8-5-3-2-4-6-8;/h2-6,9H,7H2,1H3;1H/t9-;/m0./s1. The highest BCUT2D eigenvalue weighted by Gasteiger charge is 2.27. The topological polar surface area (TPSA) is 29.5 Å². The summed E-state index contributed by atoms with van der Waals surface area (Å²) in [7, 11) is 1.09. The van der Waals surface area contributed by atoms with Crippen molar-refractivity contribution in [1.82, 2.24) is 5.34 Å². The van der Waals surface area contributed by atoms with Crippen LogP contribution in [0.25, 0.3) is 0 Å². The second kappa shape index (κ2) is 7.14. The number of hydrogen-bond acceptors (Lipinski definition) is 3. The van der Waals surface area contributed by atoms with Crippen LogP contribution >= 0.6 is 12.4 Å². The van der Waals surface area contributed by atoms with Crippen LogP contribution in [0.5, 0.6) is 0 Å². The molecule has 0 heterocycles. The van der Waals surface area contributed by atoms with Gasteiger partial charge in [-0.3, -0.25) is 4.79 Å². The molecule has 0 unspecified atom stereocenters. The number of carbonyl (C=O) groups is 1. The predicted octanol–water partition coefficient (Wildman–Crippen LogP) is 2.26. The fraction of sp³-hybridized carbons (Fsp3) is 0.300. The predicted molar refractivity (Wildman–Crippen MR) is 57.3 cm³/mol. The lowest BCUT2D eigenvalue weighted by Gasteiger charge is -2.13. The molecule has 0 bridgehead atoms. The van der Waals surface area contributed by atoms with Crippen LogP contribution in [0.4, 0.5) is 8.96 Å². The molecule has 16 heavy (non-hydrogen) atoms. The lowest BCUT2D eigenvalue weighted by Crippen LogP contribution is -2.34. The van der Waals surface area contributed by atoms with Gasteiger partial charge in [-0.1, -0.05) is 30.3 Å². The van der Waals surface area contributed by atoms with Gasteiger partial charge < -0.3 is 4.74 Å². The van der Waals surface area contributed by atoms with E-state index in [4.69, 9.17) is 0 Å². The fourth-order valence-corrected chi connectivity index (χ4v) is 1.21. The second-order valence-electron chi connectivity index (χ2n) is 2.99. The largest absolute Gasteiger partial charge is 0.468 e. The van der Waals surface area contributed by atoms with Crippen LogP contribution < -0.4 is 0 Å². The van der Waals surface area contributed by atoms with E-state index in [1.54, 1.807) is 30.3 Å². The number of methoxy groups -OCH3 is 1. The van der Waals surface area contributed by atoms with Crippen LogP contribution in [0.1, 0.15) is 5.56 Å². The molecule has 90 valence electrons. The summed E-state index contributed by atoms with van der Waals surface area (Å²) in [5.41, 5.74) is 0.660. The maximum atomic E-state index is 12.4. The van der Waals surface area contributed by atoms with E-state index in [2.05, 4.69) is 4.74 Å². The Kier molecular flexibility index (Phi) is 6.60. The third-order valence-corrected chi connectivity index (χ3v) is 1.98. The summed E-state index contributed by atoms with van der Waals surface area (Å²) in [5.74, 6) is -0.941. The van der Waals surface area contributed by atoms with E-state index in [0.717, 1.165) is 7.11 Å². The van der Waals surface area contributed by atoms with Crippen LogP contribution in [-0.2, 0) is 16.0 Å². The van der Waals surface area contributed by atoms with Crippen LogP contribution in [0.3, 0.4) is 0 Å². The zero-order chi connectivity index (χ0) is 11.3. The molecule has 6 heteroatoms. The van der Waals surface area contributed by atoms with E-state index in [-0.39, 0.29) is 18.8 Å². The van der Waals surface area contributed by atoms with Gasteiger partial charge in [0.15, 0.2) is 6.04 Å². The molecule has 0 fully saturated rings. The molecule has 1 aromatic carbocycles. The quantitative estimate of drug-likeness (QED) is 0.607. The molecule has 0 aromatic heterocycles. The van der Waals surface area contributed by atoms with Crippen LogP contribution in [0, 0.1) is 0 Å². The van der Waals surface area contributed by atoms with Crippen molar-refractivity contribution in [3.8, 4) is 0 Å². The van der Waals surface area contributed by atoms with Crippen molar-refractivity contribution < 1.29 is 18.5 Å². The molecule has 0 N–H and O–H groups in total. The molecule has 0 amide bonds. The van der Waals surface area contributed by atoms with Gasteiger partial charge in [-0.25, -0.2) is 0 Å². The van der Waals surface area contributed by atoms with Gasteiger partial charge in [0, 0.05) is 11.8 Å². The molecule has 0 aliphatic heterocycles. The van der Waals surface area contributed by atoms with E-state index < -0.39 is 17.4 Å². The lowest BCUT2D eigenvalue weighted by molar-refractivity contribution is -0.202. The van der Waals surface area contributed by atoms with Crippen molar-refractivity contribution in [3.63, 3.8) is 0 Å². The van der Waals surface area contributed by atoms with Gasteiger partial charge >= 0.3 is 5.97 Å². The number of hydrogen-bond donors (Lipinski definition) is 0. The molecule has 0 spiro atoms. The smallest absolute Gasteiger partial charge is 0.329 e. The Bertz CT molecular complexity index is 322. The van der Waals surface area contributed by atoms with Crippen molar-refractivity contribution in [3.05, 3.63) is 35.9 Å². The van der Waals surface area contributed by atoms with Gasteiger partial charge in [0.05, 0.1) is 7.11 Å². The molecular weight excluding hydrogens is 240 g/mol. The lowest BCUT2D eigenvalue weighted by atomic mass is 10.1. The maximum Gasteiger partial charge on any atom is 0.329 e. The molecule has 3 nitrogen and oxygen atoms in total. The summed E-state index contributed by atoms with van der Waals surface area (Å²) >= 11 is 0. The van der Waals surface area contributed by atoms with Gasteiger partial charge in [0.2, 0.25) is 0 Å². The Balaban J connectivity index is 0.00000225. The highest BCUT2D eigenvalue weighted by Crippen LogP contribution is 2.11. The number of rotatable bonds is 4. The molecule has 0 radical (unpaired) electrons. The molecule has 1 atom stereocenters. The number of ether oxygens (including phenoxy) is 1. The minimum Gasteiger partial charge on any atom is -0.468 e. The first-order chi connectivity index (χ1) is 7.15. The minimum atomic E-state index is -1.54. The summed E-state index contributed by atoms with van der Waals surface area (Å²) in [4.78, 5) is 11.0. The Morgan fingerprint density at radius 1 is 1.38 bits per heavy atom. The highest BCUT2D eigenvalue weighted by atomic mass is 35.5. The average molecular weight is 252 g/mol. The van der Waals surface area contributed by atoms with E-state index in [1.807, 2.05) is 0 Å². The summed E-state index contributed by atoms with van der Waals surface area (Å²) in [6.45, 7) is 0. The number of carbonyl (C=O) groups excluding carboxylic acids is 1. The van der Waals surface area contributed by atoms with E-state index in [1.165, 1.54) is 0 Å². The van der Waals surface area contributed by atoms with Crippen molar-refractivity contribution >= 4 is 18.4 Å².